The first kappa shape index (κ1) is 24.6. The van der Waals surface area contributed by atoms with Crippen molar-refractivity contribution in [3.05, 3.63) is 54.1 Å². The van der Waals surface area contributed by atoms with Crippen molar-refractivity contribution in [2.45, 2.75) is 36.6 Å². The number of carbonyl (C=O) groups excluding carboxylic acids is 2. The second kappa shape index (κ2) is 10.7. The van der Waals surface area contributed by atoms with Crippen molar-refractivity contribution in [2.75, 3.05) is 25.5 Å². The number of sulfonamides is 1. The third kappa shape index (κ3) is 6.05. The van der Waals surface area contributed by atoms with Crippen LogP contribution in [0.15, 0.2) is 47.4 Å². The van der Waals surface area contributed by atoms with E-state index in [-0.39, 0.29) is 23.2 Å². The number of piperidine rings is 1. The van der Waals surface area contributed by atoms with Gasteiger partial charge in [0.15, 0.2) is 0 Å². The lowest BCUT2D eigenvalue weighted by Gasteiger charge is -2.34. The molecule has 0 saturated carbocycles. The number of ether oxygens (including phenoxy) is 1. The van der Waals surface area contributed by atoms with Crippen LogP contribution in [0.3, 0.4) is 0 Å². The van der Waals surface area contributed by atoms with Gasteiger partial charge in [0.25, 0.3) is 0 Å². The van der Waals surface area contributed by atoms with Crippen LogP contribution in [0.2, 0.25) is 0 Å². The first-order chi connectivity index (χ1) is 15.7. The second-order valence-electron chi connectivity index (χ2n) is 7.56. The highest BCUT2D eigenvalue weighted by Crippen LogP contribution is 2.28. The van der Waals surface area contributed by atoms with Gasteiger partial charge in [0.2, 0.25) is 10.0 Å². The lowest BCUT2D eigenvalue weighted by atomic mass is 10.0. The maximum Gasteiger partial charge on any atom is 0.313 e. The number of benzene rings is 2. The number of nitrogens with zero attached hydrogens (tertiary/aromatic N) is 1. The number of hydrogen-bond acceptors (Lipinski definition) is 5. The highest BCUT2D eigenvalue weighted by atomic mass is 32.2. The van der Waals surface area contributed by atoms with Gasteiger partial charge in [0, 0.05) is 25.2 Å². The van der Waals surface area contributed by atoms with Crippen LogP contribution in [-0.2, 0) is 19.6 Å². The molecule has 1 saturated heterocycles. The van der Waals surface area contributed by atoms with E-state index in [9.17, 15) is 26.8 Å². The van der Waals surface area contributed by atoms with Crippen LogP contribution in [0.5, 0.6) is 5.75 Å². The number of carbonyl (C=O) groups is 2. The van der Waals surface area contributed by atoms with E-state index < -0.39 is 33.5 Å². The van der Waals surface area contributed by atoms with E-state index in [0.717, 1.165) is 25.0 Å². The fourth-order valence-corrected chi connectivity index (χ4v) is 5.39. The first-order valence-corrected chi connectivity index (χ1v) is 11.9. The zero-order chi connectivity index (χ0) is 24.0. The molecule has 1 fully saturated rings. The van der Waals surface area contributed by atoms with Crippen LogP contribution in [0.4, 0.5) is 14.5 Å². The molecule has 2 aromatic rings. The third-order valence-corrected chi connectivity index (χ3v) is 7.35. The number of anilines is 1. The Balaban J connectivity index is 1.58. The molecular formula is C22H25F2N3O5S. The number of rotatable bonds is 7. The summed E-state index contributed by atoms with van der Waals surface area (Å²) < 4.78 is 59.4. The van der Waals surface area contributed by atoms with Gasteiger partial charge in [-0.15, -0.1) is 0 Å². The number of methoxy groups -OCH3 is 1. The monoisotopic (exact) mass is 481 g/mol. The number of nitrogens with one attached hydrogen (secondary N) is 2. The van der Waals surface area contributed by atoms with Gasteiger partial charge in [-0.2, -0.15) is 4.31 Å². The van der Waals surface area contributed by atoms with Crippen LogP contribution in [0.1, 0.15) is 25.7 Å². The smallest absolute Gasteiger partial charge is 0.313 e. The van der Waals surface area contributed by atoms with E-state index in [0.29, 0.717) is 31.2 Å². The Bertz CT molecular complexity index is 1110. The largest absolute Gasteiger partial charge is 0.497 e. The summed E-state index contributed by atoms with van der Waals surface area (Å²) in [4.78, 5) is 24.2. The Labute approximate surface area is 191 Å². The fourth-order valence-electron chi connectivity index (χ4n) is 3.66. The molecule has 11 heteroatoms. The molecule has 33 heavy (non-hydrogen) atoms. The highest BCUT2D eigenvalue weighted by molar-refractivity contribution is 7.89. The molecule has 0 aliphatic carbocycles. The normalized spacial score (nSPS) is 16.8. The van der Waals surface area contributed by atoms with Crippen LogP contribution in [-0.4, -0.2) is 50.8 Å². The lowest BCUT2D eigenvalue weighted by molar-refractivity contribution is -0.136. The Morgan fingerprint density at radius 1 is 1.09 bits per heavy atom. The maximum absolute atomic E-state index is 13.7. The van der Waals surface area contributed by atoms with Crippen LogP contribution >= 0.6 is 0 Å². The summed E-state index contributed by atoms with van der Waals surface area (Å²) in [5.74, 6) is -3.37. The van der Waals surface area contributed by atoms with Gasteiger partial charge in [-0.3, -0.25) is 9.59 Å². The Morgan fingerprint density at radius 3 is 2.48 bits per heavy atom. The Morgan fingerprint density at radius 2 is 1.82 bits per heavy atom. The zero-order valence-corrected chi connectivity index (χ0v) is 18.8. The van der Waals surface area contributed by atoms with Crippen LogP contribution in [0.25, 0.3) is 0 Å². The standard InChI is InChI=1S/C22H25F2N3O5S/c1-32-17-6-8-18(9-7-17)33(30,31)27-13-3-2-4-16(27)11-12-25-21(28)22(29)26-20-10-5-15(23)14-19(20)24/h5-10,14,16H,2-4,11-13H2,1H3,(H,25,28)(H,26,29)/t16-/m0/s1. The van der Waals surface area contributed by atoms with Gasteiger partial charge in [0.1, 0.15) is 17.4 Å². The average molecular weight is 482 g/mol. The first-order valence-electron chi connectivity index (χ1n) is 10.4. The summed E-state index contributed by atoms with van der Waals surface area (Å²) in [6.07, 6.45) is 2.50. The maximum atomic E-state index is 13.7. The molecule has 0 unspecified atom stereocenters. The molecule has 1 heterocycles. The van der Waals surface area contributed by atoms with E-state index >= 15 is 0 Å². The van der Waals surface area contributed by atoms with Crippen molar-refractivity contribution < 1.29 is 31.5 Å². The summed E-state index contributed by atoms with van der Waals surface area (Å²) in [5, 5.41) is 4.50. The number of halogens is 2. The molecule has 8 nitrogen and oxygen atoms in total. The zero-order valence-electron chi connectivity index (χ0n) is 18.0. The fraction of sp³-hybridized carbons (Fsp3) is 0.364. The molecular weight excluding hydrogens is 456 g/mol. The summed E-state index contributed by atoms with van der Waals surface area (Å²) in [6, 6.07) is 8.35. The minimum absolute atomic E-state index is 0.0530. The van der Waals surface area contributed by atoms with Crippen LogP contribution < -0.4 is 15.4 Å². The average Bonchev–Trinajstić information content (AvgIpc) is 2.81. The van der Waals surface area contributed by atoms with Crippen molar-refractivity contribution in [2.24, 2.45) is 0 Å². The predicted octanol–water partition coefficient (Wildman–Crippen LogP) is 2.66. The molecule has 1 aliphatic rings. The summed E-state index contributed by atoms with van der Waals surface area (Å²) in [6.45, 7) is 0.411. The van der Waals surface area contributed by atoms with Crippen molar-refractivity contribution in [3.63, 3.8) is 0 Å². The van der Waals surface area contributed by atoms with Gasteiger partial charge >= 0.3 is 11.8 Å². The van der Waals surface area contributed by atoms with Crippen molar-refractivity contribution in [3.8, 4) is 5.75 Å². The van der Waals surface area contributed by atoms with E-state index in [4.69, 9.17) is 4.74 Å². The van der Waals surface area contributed by atoms with Gasteiger partial charge in [0.05, 0.1) is 17.7 Å². The SMILES string of the molecule is COc1ccc(S(=O)(=O)N2CCCC[C@H]2CCNC(=O)C(=O)Nc2ccc(F)cc2F)cc1. The minimum Gasteiger partial charge on any atom is -0.497 e. The van der Waals surface area contributed by atoms with E-state index in [1.807, 2.05) is 0 Å². The van der Waals surface area contributed by atoms with E-state index in [1.54, 1.807) is 12.1 Å². The topological polar surface area (TPSA) is 105 Å². The van der Waals surface area contributed by atoms with Gasteiger partial charge in [-0.05, 0) is 55.7 Å². The molecule has 0 spiro atoms. The molecule has 2 N–H and O–H groups in total. The molecule has 178 valence electrons. The number of amides is 2. The van der Waals surface area contributed by atoms with Gasteiger partial charge in [-0.25, -0.2) is 17.2 Å². The molecule has 0 bridgehead atoms. The predicted molar refractivity (Wildman–Crippen MR) is 117 cm³/mol. The van der Waals surface area contributed by atoms with Crippen molar-refractivity contribution >= 4 is 27.5 Å². The molecule has 1 atom stereocenters. The minimum atomic E-state index is -3.74. The highest BCUT2D eigenvalue weighted by Gasteiger charge is 2.33. The lowest BCUT2D eigenvalue weighted by Crippen LogP contribution is -2.45. The third-order valence-electron chi connectivity index (χ3n) is 5.39. The number of hydrogen-bond donors (Lipinski definition) is 2. The second-order valence-corrected chi connectivity index (χ2v) is 9.45. The Kier molecular flexibility index (Phi) is 7.98. The Hall–Kier alpha value is -3.05. The van der Waals surface area contributed by atoms with Crippen LogP contribution in [0, 0.1) is 11.6 Å². The van der Waals surface area contributed by atoms with E-state index in [2.05, 4.69) is 10.6 Å². The quantitative estimate of drug-likeness (QED) is 0.592. The van der Waals surface area contributed by atoms with Crippen molar-refractivity contribution in [1.29, 1.82) is 0 Å². The van der Waals surface area contributed by atoms with Gasteiger partial charge in [-0.1, -0.05) is 6.42 Å². The van der Waals surface area contributed by atoms with Gasteiger partial charge < -0.3 is 15.4 Å². The molecule has 2 amide bonds. The molecule has 0 aromatic heterocycles. The summed E-state index contributed by atoms with van der Waals surface area (Å²) in [7, 11) is -2.24. The van der Waals surface area contributed by atoms with E-state index in [1.165, 1.54) is 23.5 Å². The van der Waals surface area contributed by atoms with Crippen molar-refractivity contribution in [1.82, 2.24) is 9.62 Å². The molecule has 3 rings (SSSR count). The molecule has 2 aromatic carbocycles. The molecule has 1 aliphatic heterocycles. The molecule has 0 radical (unpaired) electrons. The summed E-state index contributed by atoms with van der Waals surface area (Å²) >= 11 is 0. The summed E-state index contributed by atoms with van der Waals surface area (Å²) in [5.41, 5.74) is -0.319.